The van der Waals surface area contributed by atoms with E-state index in [1.807, 2.05) is 0 Å². The van der Waals surface area contributed by atoms with Gasteiger partial charge in [0.2, 0.25) is 0 Å². The maximum absolute atomic E-state index is 2.43. The summed E-state index contributed by atoms with van der Waals surface area (Å²) in [5, 5.41) is 5.10. The van der Waals surface area contributed by atoms with Gasteiger partial charge in [-0.1, -0.05) is 121 Å². The van der Waals surface area contributed by atoms with E-state index in [1.54, 1.807) is 0 Å². The van der Waals surface area contributed by atoms with E-state index in [0.717, 1.165) is 11.4 Å². The molecule has 0 spiro atoms. The molecular weight excluding hydrogens is 532 g/mol. The van der Waals surface area contributed by atoms with Crippen molar-refractivity contribution in [1.29, 1.82) is 0 Å². The Morgan fingerprint density at radius 3 is 1.11 bits per heavy atom. The van der Waals surface area contributed by atoms with Crippen LogP contribution in [0.4, 0.5) is 0 Å². The lowest BCUT2D eigenvalue weighted by Crippen LogP contribution is -1.95. The molecule has 0 saturated heterocycles. The van der Waals surface area contributed by atoms with Crippen LogP contribution in [0.25, 0.3) is 77.2 Å². The van der Waals surface area contributed by atoms with Gasteiger partial charge < -0.3 is 9.13 Å². The summed E-state index contributed by atoms with van der Waals surface area (Å²) in [6.07, 6.45) is 0. The van der Waals surface area contributed by atoms with Crippen molar-refractivity contribution in [3.05, 3.63) is 170 Å². The molecule has 0 unspecified atom stereocenters. The smallest absolute Gasteiger partial charge is 0.0548 e. The second kappa shape index (κ2) is 9.86. The molecule has 0 aliphatic rings. The van der Waals surface area contributed by atoms with Gasteiger partial charge in [0.25, 0.3) is 0 Å². The van der Waals surface area contributed by atoms with Crippen LogP contribution in [-0.2, 0) is 0 Å². The maximum Gasteiger partial charge on any atom is 0.0548 e. The molecule has 0 amide bonds. The minimum atomic E-state index is 1.16. The number of nitrogens with zero attached hydrogens (tertiary/aromatic N) is 2. The molecule has 0 aliphatic carbocycles. The van der Waals surface area contributed by atoms with Gasteiger partial charge in [-0.2, -0.15) is 0 Å². The molecule has 44 heavy (non-hydrogen) atoms. The summed E-state index contributed by atoms with van der Waals surface area (Å²) in [5.74, 6) is 0. The van der Waals surface area contributed by atoms with E-state index in [9.17, 15) is 0 Å². The number of hydrogen-bond acceptors (Lipinski definition) is 0. The van der Waals surface area contributed by atoms with Crippen molar-refractivity contribution in [3.63, 3.8) is 0 Å². The first-order valence-electron chi connectivity index (χ1n) is 15.1. The molecule has 2 heteroatoms. The fraction of sp³-hybridized carbons (Fsp3) is 0. The van der Waals surface area contributed by atoms with Crippen molar-refractivity contribution in [2.75, 3.05) is 0 Å². The molecule has 0 atom stereocenters. The fourth-order valence-electron chi connectivity index (χ4n) is 6.98. The second-order valence-corrected chi connectivity index (χ2v) is 11.4. The van der Waals surface area contributed by atoms with Gasteiger partial charge in [-0.3, -0.25) is 0 Å². The average molecular weight is 561 g/mol. The molecular formula is C42H28N2. The van der Waals surface area contributed by atoms with Crippen LogP contribution < -0.4 is 0 Å². The summed E-state index contributed by atoms with van der Waals surface area (Å²) in [7, 11) is 0. The summed E-state index contributed by atoms with van der Waals surface area (Å²) in [4.78, 5) is 0. The number of rotatable bonds is 4. The van der Waals surface area contributed by atoms with Crippen molar-refractivity contribution < 1.29 is 0 Å². The predicted octanol–water partition coefficient (Wildman–Crippen LogP) is 11.2. The first-order valence-corrected chi connectivity index (χ1v) is 15.1. The molecule has 0 aliphatic heterocycles. The Hall–Kier alpha value is -5.86. The van der Waals surface area contributed by atoms with Crippen molar-refractivity contribution in [2.45, 2.75) is 0 Å². The van der Waals surface area contributed by atoms with Gasteiger partial charge in [-0.15, -0.1) is 0 Å². The normalized spacial score (nSPS) is 11.6. The van der Waals surface area contributed by atoms with Crippen LogP contribution in [0.15, 0.2) is 170 Å². The van der Waals surface area contributed by atoms with Gasteiger partial charge in [0, 0.05) is 32.9 Å². The Labute approximate surface area is 255 Å². The highest BCUT2D eigenvalue weighted by Gasteiger charge is 2.20. The average Bonchev–Trinajstić information content (AvgIpc) is 3.62. The molecule has 0 bridgehead atoms. The van der Waals surface area contributed by atoms with Gasteiger partial charge in [0.15, 0.2) is 0 Å². The van der Waals surface area contributed by atoms with Crippen LogP contribution in [0.5, 0.6) is 0 Å². The molecule has 2 aromatic heterocycles. The Morgan fingerprint density at radius 2 is 0.659 bits per heavy atom. The maximum atomic E-state index is 2.43. The van der Waals surface area contributed by atoms with E-state index >= 15 is 0 Å². The zero-order chi connectivity index (χ0) is 29.0. The van der Waals surface area contributed by atoms with Crippen LogP contribution in [0.2, 0.25) is 0 Å². The van der Waals surface area contributed by atoms with E-state index in [0.29, 0.717) is 0 Å². The Morgan fingerprint density at radius 1 is 0.273 bits per heavy atom. The van der Waals surface area contributed by atoms with Gasteiger partial charge in [-0.05, 0) is 70.8 Å². The van der Waals surface area contributed by atoms with Gasteiger partial charge in [-0.25, -0.2) is 0 Å². The standard InChI is InChI=1S/C42H28N2/c1-3-13-29(14-4-1)31-17-11-19-33(27-31)43-37-23-9-7-21-35(37)41-39(43)25-26-40-42(41)36-22-8-10-24-38(36)44(40)34-20-12-18-32(28-34)30-15-5-2-6-16-30/h1-28H. The number of para-hydroxylation sites is 2. The van der Waals surface area contributed by atoms with E-state index < -0.39 is 0 Å². The molecule has 2 heterocycles. The summed E-state index contributed by atoms with van der Waals surface area (Å²) < 4.78 is 4.86. The van der Waals surface area contributed by atoms with Crippen molar-refractivity contribution in [3.8, 4) is 33.6 Å². The highest BCUT2D eigenvalue weighted by atomic mass is 15.0. The van der Waals surface area contributed by atoms with Crippen LogP contribution >= 0.6 is 0 Å². The number of fused-ring (bicyclic) bond motifs is 7. The summed E-state index contributed by atoms with van der Waals surface area (Å²) >= 11 is 0. The van der Waals surface area contributed by atoms with Crippen LogP contribution in [0.3, 0.4) is 0 Å². The highest BCUT2D eigenvalue weighted by Crippen LogP contribution is 2.42. The fourth-order valence-corrected chi connectivity index (χ4v) is 6.98. The number of aromatic nitrogens is 2. The van der Waals surface area contributed by atoms with E-state index in [4.69, 9.17) is 0 Å². The van der Waals surface area contributed by atoms with Crippen LogP contribution in [0, 0.1) is 0 Å². The summed E-state index contributed by atoms with van der Waals surface area (Å²) in [6, 6.07) is 61.3. The lowest BCUT2D eigenvalue weighted by molar-refractivity contribution is 1.17. The van der Waals surface area contributed by atoms with Crippen molar-refractivity contribution >= 4 is 43.6 Å². The molecule has 0 fully saturated rings. The molecule has 0 N–H and O–H groups in total. The van der Waals surface area contributed by atoms with Crippen LogP contribution in [-0.4, -0.2) is 9.13 Å². The minimum absolute atomic E-state index is 1.16. The monoisotopic (exact) mass is 560 g/mol. The number of benzene rings is 7. The zero-order valence-electron chi connectivity index (χ0n) is 24.1. The molecule has 0 saturated carbocycles. The number of hydrogen-bond donors (Lipinski definition) is 0. The van der Waals surface area contributed by atoms with Crippen molar-refractivity contribution in [1.82, 2.24) is 9.13 Å². The molecule has 7 aromatic carbocycles. The summed E-state index contributed by atoms with van der Waals surface area (Å²) in [5.41, 5.74) is 12.0. The molecule has 206 valence electrons. The SMILES string of the molecule is c1ccc(-c2cccc(-n3c4ccccc4c4c5c6ccccc6n(-c6cccc(-c7ccccc7)c6)c5ccc43)c2)cc1. The predicted molar refractivity (Wildman–Crippen MR) is 186 cm³/mol. The lowest BCUT2D eigenvalue weighted by atomic mass is 10.0. The second-order valence-electron chi connectivity index (χ2n) is 11.4. The summed E-state index contributed by atoms with van der Waals surface area (Å²) in [6.45, 7) is 0. The molecule has 9 aromatic rings. The topological polar surface area (TPSA) is 9.86 Å². The highest BCUT2D eigenvalue weighted by molar-refractivity contribution is 6.28. The Kier molecular flexibility index (Phi) is 5.54. The third-order valence-electron chi connectivity index (χ3n) is 8.89. The first kappa shape index (κ1) is 24.7. The van der Waals surface area contributed by atoms with E-state index in [-0.39, 0.29) is 0 Å². The van der Waals surface area contributed by atoms with Crippen molar-refractivity contribution in [2.24, 2.45) is 0 Å². The van der Waals surface area contributed by atoms with Gasteiger partial charge in [0.1, 0.15) is 0 Å². The van der Waals surface area contributed by atoms with E-state index in [2.05, 4.69) is 179 Å². The third-order valence-corrected chi connectivity index (χ3v) is 8.89. The third kappa shape index (κ3) is 3.75. The molecule has 9 rings (SSSR count). The van der Waals surface area contributed by atoms with Crippen LogP contribution in [0.1, 0.15) is 0 Å². The largest absolute Gasteiger partial charge is 0.309 e. The van der Waals surface area contributed by atoms with Gasteiger partial charge >= 0.3 is 0 Å². The molecule has 2 nitrogen and oxygen atoms in total. The molecule has 0 radical (unpaired) electrons. The van der Waals surface area contributed by atoms with Gasteiger partial charge in [0.05, 0.1) is 22.1 Å². The van der Waals surface area contributed by atoms with E-state index in [1.165, 1.54) is 65.9 Å². The first-order chi connectivity index (χ1) is 21.8. The quantitative estimate of drug-likeness (QED) is 0.203. The zero-order valence-corrected chi connectivity index (χ0v) is 24.1. The minimum Gasteiger partial charge on any atom is -0.309 e. The Balaban J connectivity index is 1.35. The Bertz CT molecular complexity index is 2300. The lowest BCUT2D eigenvalue weighted by Gasteiger charge is -2.11.